The van der Waals surface area contributed by atoms with Gasteiger partial charge in [0.2, 0.25) is 11.8 Å². The van der Waals surface area contributed by atoms with E-state index in [0.717, 1.165) is 17.0 Å². The molecule has 0 bridgehead atoms. The average molecular weight is 252 g/mol. The molecule has 0 aliphatic rings. The van der Waals surface area contributed by atoms with Gasteiger partial charge in [-0.3, -0.25) is 0 Å². The standard InChI is InChI=1S/C12H14ClN3O/c1-8(14)12-16-15-11(17-12)6-5-9-3-2-4-10(13)7-9/h2-4,7-8H,5-6,14H2,1H3. The van der Waals surface area contributed by atoms with Crippen molar-refractivity contribution in [3.05, 3.63) is 46.6 Å². The van der Waals surface area contributed by atoms with E-state index in [0.29, 0.717) is 18.2 Å². The van der Waals surface area contributed by atoms with E-state index in [-0.39, 0.29) is 6.04 Å². The SMILES string of the molecule is CC(N)c1nnc(CCc2cccc(Cl)c2)o1. The Labute approximate surface area is 105 Å². The number of benzene rings is 1. The quantitative estimate of drug-likeness (QED) is 0.907. The molecule has 90 valence electrons. The first kappa shape index (κ1) is 12.1. The van der Waals surface area contributed by atoms with E-state index in [1.165, 1.54) is 0 Å². The highest BCUT2D eigenvalue weighted by Gasteiger charge is 2.09. The van der Waals surface area contributed by atoms with Crippen LogP contribution < -0.4 is 5.73 Å². The molecular weight excluding hydrogens is 238 g/mol. The first-order chi connectivity index (χ1) is 8.15. The minimum Gasteiger partial charge on any atom is -0.424 e. The molecule has 1 aromatic carbocycles. The maximum Gasteiger partial charge on any atom is 0.232 e. The van der Waals surface area contributed by atoms with Gasteiger partial charge in [0.15, 0.2) is 0 Å². The van der Waals surface area contributed by atoms with E-state index in [1.54, 1.807) is 0 Å². The molecule has 2 rings (SSSR count). The third-order valence-electron chi connectivity index (χ3n) is 2.39. The van der Waals surface area contributed by atoms with Gasteiger partial charge in [0.05, 0.1) is 6.04 Å². The molecule has 1 unspecified atom stereocenters. The summed E-state index contributed by atoms with van der Waals surface area (Å²) in [7, 11) is 0. The minimum absolute atomic E-state index is 0.220. The molecule has 0 saturated heterocycles. The molecule has 0 aliphatic heterocycles. The number of rotatable bonds is 4. The molecule has 0 radical (unpaired) electrons. The fraction of sp³-hybridized carbons (Fsp3) is 0.333. The summed E-state index contributed by atoms with van der Waals surface area (Å²) in [5.41, 5.74) is 6.79. The molecule has 0 aliphatic carbocycles. The second kappa shape index (κ2) is 5.29. The van der Waals surface area contributed by atoms with E-state index in [9.17, 15) is 0 Å². The summed E-state index contributed by atoms with van der Waals surface area (Å²) in [6.07, 6.45) is 1.52. The molecule has 17 heavy (non-hydrogen) atoms. The lowest BCUT2D eigenvalue weighted by atomic mass is 10.1. The zero-order valence-electron chi connectivity index (χ0n) is 9.56. The smallest absolute Gasteiger partial charge is 0.232 e. The van der Waals surface area contributed by atoms with Crippen molar-refractivity contribution in [1.82, 2.24) is 10.2 Å². The number of aromatic nitrogens is 2. The Balaban J connectivity index is 1.97. The molecular formula is C12H14ClN3O. The van der Waals surface area contributed by atoms with Crippen molar-refractivity contribution >= 4 is 11.6 Å². The highest BCUT2D eigenvalue weighted by molar-refractivity contribution is 6.30. The normalized spacial score (nSPS) is 12.6. The van der Waals surface area contributed by atoms with Crippen LogP contribution in [-0.4, -0.2) is 10.2 Å². The van der Waals surface area contributed by atoms with Gasteiger partial charge < -0.3 is 10.2 Å². The van der Waals surface area contributed by atoms with E-state index in [2.05, 4.69) is 10.2 Å². The van der Waals surface area contributed by atoms with E-state index >= 15 is 0 Å². The molecule has 1 heterocycles. The Morgan fingerprint density at radius 3 is 2.82 bits per heavy atom. The van der Waals surface area contributed by atoms with Gasteiger partial charge in [-0.05, 0) is 31.0 Å². The van der Waals surface area contributed by atoms with Gasteiger partial charge in [0.25, 0.3) is 0 Å². The molecule has 0 amide bonds. The molecule has 0 spiro atoms. The summed E-state index contributed by atoms with van der Waals surface area (Å²) in [6, 6.07) is 7.52. The Bertz CT molecular complexity index is 496. The molecule has 4 nitrogen and oxygen atoms in total. The topological polar surface area (TPSA) is 64.9 Å². The lowest BCUT2D eigenvalue weighted by Crippen LogP contribution is -2.04. The maximum atomic E-state index is 5.90. The summed E-state index contributed by atoms with van der Waals surface area (Å²) in [5.74, 6) is 1.09. The van der Waals surface area contributed by atoms with Crippen LogP contribution >= 0.6 is 11.6 Å². The second-order valence-electron chi connectivity index (χ2n) is 3.95. The highest BCUT2D eigenvalue weighted by atomic mass is 35.5. The van der Waals surface area contributed by atoms with Gasteiger partial charge in [-0.1, -0.05) is 23.7 Å². The number of hydrogen-bond donors (Lipinski definition) is 1. The highest BCUT2D eigenvalue weighted by Crippen LogP contribution is 2.14. The fourth-order valence-corrected chi connectivity index (χ4v) is 1.71. The van der Waals surface area contributed by atoms with Crippen LogP contribution in [0.3, 0.4) is 0 Å². The maximum absolute atomic E-state index is 5.90. The van der Waals surface area contributed by atoms with Crippen molar-refractivity contribution in [2.75, 3.05) is 0 Å². The van der Waals surface area contributed by atoms with Crippen molar-refractivity contribution in [2.45, 2.75) is 25.8 Å². The number of aryl methyl sites for hydroxylation is 2. The summed E-state index contributed by atoms with van der Waals surface area (Å²) >= 11 is 5.90. The predicted molar refractivity (Wildman–Crippen MR) is 65.8 cm³/mol. The van der Waals surface area contributed by atoms with Crippen LogP contribution in [0, 0.1) is 0 Å². The predicted octanol–water partition coefficient (Wildman–Crippen LogP) is 2.53. The van der Waals surface area contributed by atoms with Gasteiger partial charge >= 0.3 is 0 Å². The van der Waals surface area contributed by atoms with Crippen molar-refractivity contribution in [3.8, 4) is 0 Å². The Morgan fingerprint density at radius 1 is 1.35 bits per heavy atom. The number of halogens is 1. The van der Waals surface area contributed by atoms with E-state index in [1.807, 2.05) is 31.2 Å². The van der Waals surface area contributed by atoms with Crippen molar-refractivity contribution < 1.29 is 4.42 Å². The molecule has 0 saturated carbocycles. The minimum atomic E-state index is -0.220. The lowest BCUT2D eigenvalue weighted by Gasteiger charge is -1.99. The molecule has 1 aromatic heterocycles. The average Bonchev–Trinajstić information content (AvgIpc) is 2.75. The van der Waals surface area contributed by atoms with Crippen LogP contribution in [0.2, 0.25) is 5.02 Å². The zero-order chi connectivity index (χ0) is 12.3. The van der Waals surface area contributed by atoms with Crippen LogP contribution in [0.1, 0.15) is 30.3 Å². The second-order valence-corrected chi connectivity index (χ2v) is 4.39. The number of nitrogens with two attached hydrogens (primary N) is 1. The van der Waals surface area contributed by atoms with E-state index in [4.69, 9.17) is 21.8 Å². The fourth-order valence-electron chi connectivity index (χ4n) is 1.50. The van der Waals surface area contributed by atoms with Gasteiger partial charge in [0.1, 0.15) is 0 Å². The van der Waals surface area contributed by atoms with Crippen molar-refractivity contribution in [2.24, 2.45) is 5.73 Å². The summed E-state index contributed by atoms with van der Waals surface area (Å²) in [6.45, 7) is 1.81. The monoisotopic (exact) mass is 251 g/mol. The third kappa shape index (κ3) is 3.28. The van der Waals surface area contributed by atoms with Crippen LogP contribution in [0.15, 0.2) is 28.7 Å². The molecule has 5 heteroatoms. The zero-order valence-corrected chi connectivity index (χ0v) is 10.3. The van der Waals surface area contributed by atoms with Crippen LogP contribution in [0.25, 0.3) is 0 Å². The van der Waals surface area contributed by atoms with Crippen molar-refractivity contribution in [3.63, 3.8) is 0 Å². The summed E-state index contributed by atoms with van der Waals surface area (Å²) < 4.78 is 5.42. The largest absolute Gasteiger partial charge is 0.424 e. The first-order valence-electron chi connectivity index (χ1n) is 5.47. The summed E-state index contributed by atoms with van der Waals surface area (Å²) in [4.78, 5) is 0. The molecule has 0 fully saturated rings. The van der Waals surface area contributed by atoms with E-state index < -0.39 is 0 Å². The third-order valence-corrected chi connectivity index (χ3v) is 2.62. The number of hydrogen-bond acceptors (Lipinski definition) is 4. The first-order valence-corrected chi connectivity index (χ1v) is 5.85. The van der Waals surface area contributed by atoms with Crippen LogP contribution in [0.4, 0.5) is 0 Å². The summed E-state index contributed by atoms with van der Waals surface area (Å²) in [5, 5.41) is 8.56. The molecule has 1 atom stereocenters. The lowest BCUT2D eigenvalue weighted by molar-refractivity contribution is 0.426. The molecule has 2 N–H and O–H groups in total. The van der Waals surface area contributed by atoms with Crippen LogP contribution in [0.5, 0.6) is 0 Å². The van der Waals surface area contributed by atoms with Gasteiger partial charge in [-0.25, -0.2) is 0 Å². The number of nitrogens with zero attached hydrogens (tertiary/aromatic N) is 2. The van der Waals surface area contributed by atoms with Crippen molar-refractivity contribution in [1.29, 1.82) is 0 Å². The van der Waals surface area contributed by atoms with Gasteiger partial charge in [0, 0.05) is 11.4 Å². The van der Waals surface area contributed by atoms with Crippen LogP contribution in [-0.2, 0) is 12.8 Å². The molecule has 2 aromatic rings. The Kier molecular flexibility index (Phi) is 3.76. The Morgan fingerprint density at radius 2 is 2.18 bits per heavy atom. The van der Waals surface area contributed by atoms with Gasteiger partial charge in [-0.2, -0.15) is 0 Å². The van der Waals surface area contributed by atoms with Gasteiger partial charge in [-0.15, -0.1) is 10.2 Å². The Hall–Kier alpha value is -1.39.